The molecule has 0 N–H and O–H groups in total. The quantitative estimate of drug-likeness (QED) is 0.730. The van der Waals surface area contributed by atoms with Gasteiger partial charge in [-0.05, 0) is 26.8 Å². The van der Waals surface area contributed by atoms with Gasteiger partial charge in [0.15, 0.2) is 0 Å². The van der Waals surface area contributed by atoms with Crippen molar-refractivity contribution < 1.29 is 4.84 Å². The van der Waals surface area contributed by atoms with Crippen LogP contribution in [-0.4, -0.2) is 15.3 Å². The standard InChI is InChI=1S/C12H14N2O2/c1-12(2,3)16-14-10-7-5-4-6-9(10)8-13-11(14)15/h4-8H,1-3H3. The minimum atomic E-state index is -0.435. The van der Waals surface area contributed by atoms with Crippen LogP contribution in [0.1, 0.15) is 20.8 Å². The molecule has 0 aliphatic carbocycles. The fourth-order valence-corrected chi connectivity index (χ4v) is 1.42. The van der Waals surface area contributed by atoms with Gasteiger partial charge in [-0.25, -0.2) is 4.79 Å². The number of fused-ring (bicyclic) bond motifs is 1. The van der Waals surface area contributed by atoms with Gasteiger partial charge >= 0.3 is 5.69 Å². The first kappa shape index (κ1) is 10.7. The number of aromatic nitrogens is 2. The Bertz CT molecular complexity index is 567. The summed E-state index contributed by atoms with van der Waals surface area (Å²) < 4.78 is 1.25. The molecule has 1 heterocycles. The molecule has 16 heavy (non-hydrogen) atoms. The van der Waals surface area contributed by atoms with Crippen LogP contribution in [-0.2, 0) is 0 Å². The van der Waals surface area contributed by atoms with Gasteiger partial charge in [-0.1, -0.05) is 18.2 Å². The van der Waals surface area contributed by atoms with Gasteiger partial charge in [-0.2, -0.15) is 4.98 Å². The number of hydrogen-bond donors (Lipinski definition) is 0. The average molecular weight is 218 g/mol. The number of benzene rings is 1. The Morgan fingerprint density at radius 1 is 1.25 bits per heavy atom. The highest BCUT2D eigenvalue weighted by atomic mass is 16.7. The summed E-state index contributed by atoms with van der Waals surface area (Å²) in [6.07, 6.45) is 1.56. The van der Waals surface area contributed by atoms with Crippen molar-refractivity contribution in [2.45, 2.75) is 26.4 Å². The number of rotatable bonds is 1. The Morgan fingerprint density at radius 2 is 1.94 bits per heavy atom. The third-order valence-electron chi connectivity index (χ3n) is 2.01. The second kappa shape index (κ2) is 3.63. The molecular formula is C12H14N2O2. The van der Waals surface area contributed by atoms with Crippen molar-refractivity contribution in [1.29, 1.82) is 0 Å². The minimum Gasteiger partial charge on any atom is -0.403 e. The maximum Gasteiger partial charge on any atom is 0.381 e. The Balaban J connectivity index is 2.66. The molecule has 0 radical (unpaired) electrons. The van der Waals surface area contributed by atoms with Crippen molar-refractivity contribution in [2.24, 2.45) is 0 Å². The molecular weight excluding hydrogens is 204 g/mol. The molecule has 0 saturated heterocycles. The Kier molecular flexibility index (Phi) is 2.42. The zero-order valence-electron chi connectivity index (χ0n) is 9.60. The predicted octanol–water partition coefficient (Wildman–Crippen LogP) is 1.62. The molecule has 0 aliphatic rings. The largest absolute Gasteiger partial charge is 0.403 e. The van der Waals surface area contributed by atoms with E-state index in [9.17, 15) is 4.79 Å². The third-order valence-corrected chi connectivity index (χ3v) is 2.01. The average Bonchev–Trinajstić information content (AvgIpc) is 2.21. The topological polar surface area (TPSA) is 44.1 Å². The molecule has 84 valence electrons. The first-order valence-electron chi connectivity index (χ1n) is 5.14. The maximum atomic E-state index is 11.6. The summed E-state index contributed by atoms with van der Waals surface area (Å²) in [5, 5.41) is 0.881. The van der Waals surface area contributed by atoms with Crippen molar-refractivity contribution in [3.05, 3.63) is 40.9 Å². The summed E-state index contributed by atoms with van der Waals surface area (Å²) in [7, 11) is 0. The van der Waals surface area contributed by atoms with Crippen molar-refractivity contribution in [3.8, 4) is 0 Å². The van der Waals surface area contributed by atoms with E-state index in [0.29, 0.717) is 0 Å². The highest BCUT2D eigenvalue weighted by molar-refractivity contribution is 5.77. The molecule has 1 aromatic heterocycles. The smallest absolute Gasteiger partial charge is 0.381 e. The van der Waals surface area contributed by atoms with Crippen LogP contribution in [0.5, 0.6) is 0 Å². The van der Waals surface area contributed by atoms with Gasteiger partial charge in [0, 0.05) is 11.6 Å². The SMILES string of the molecule is CC(C)(C)On1c(=O)ncc2ccccc21. The van der Waals surface area contributed by atoms with Crippen molar-refractivity contribution in [2.75, 3.05) is 0 Å². The molecule has 4 nitrogen and oxygen atoms in total. The van der Waals surface area contributed by atoms with Crippen LogP contribution in [0.25, 0.3) is 10.9 Å². The maximum absolute atomic E-state index is 11.6. The predicted molar refractivity (Wildman–Crippen MR) is 62.3 cm³/mol. The van der Waals surface area contributed by atoms with Gasteiger partial charge in [0.25, 0.3) is 0 Å². The summed E-state index contributed by atoms with van der Waals surface area (Å²) in [6.45, 7) is 5.67. The molecule has 0 unspecified atom stereocenters. The Labute approximate surface area is 93.5 Å². The zero-order valence-corrected chi connectivity index (χ0v) is 9.60. The molecule has 0 aliphatic heterocycles. The summed E-state index contributed by atoms with van der Waals surface area (Å²) >= 11 is 0. The van der Waals surface area contributed by atoms with Gasteiger partial charge in [0.2, 0.25) is 0 Å². The van der Waals surface area contributed by atoms with Crippen LogP contribution in [0.3, 0.4) is 0 Å². The van der Waals surface area contributed by atoms with Crippen LogP contribution in [0.2, 0.25) is 0 Å². The lowest BCUT2D eigenvalue weighted by Crippen LogP contribution is -2.39. The lowest BCUT2D eigenvalue weighted by molar-refractivity contribution is -0.0153. The van der Waals surface area contributed by atoms with Crippen LogP contribution in [0.4, 0.5) is 0 Å². The molecule has 2 rings (SSSR count). The second-order valence-electron chi connectivity index (χ2n) is 4.60. The van der Waals surface area contributed by atoms with Crippen molar-refractivity contribution >= 4 is 10.9 Å². The Morgan fingerprint density at radius 3 is 2.62 bits per heavy atom. The normalized spacial score (nSPS) is 11.7. The fraction of sp³-hybridized carbons (Fsp3) is 0.333. The van der Waals surface area contributed by atoms with E-state index in [4.69, 9.17) is 4.84 Å². The lowest BCUT2D eigenvalue weighted by atomic mass is 10.2. The van der Waals surface area contributed by atoms with E-state index in [1.807, 2.05) is 45.0 Å². The van der Waals surface area contributed by atoms with Gasteiger partial charge < -0.3 is 4.84 Å². The molecule has 0 spiro atoms. The summed E-state index contributed by atoms with van der Waals surface area (Å²) in [4.78, 5) is 21.0. The van der Waals surface area contributed by atoms with E-state index >= 15 is 0 Å². The first-order chi connectivity index (χ1) is 7.47. The molecule has 0 saturated carbocycles. The van der Waals surface area contributed by atoms with Crippen LogP contribution < -0.4 is 10.5 Å². The highest BCUT2D eigenvalue weighted by Gasteiger charge is 2.15. The van der Waals surface area contributed by atoms with Crippen LogP contribution >= 0.6 is 0 Å². The molecule has 0 fully saturated rings. The second-order valence-corrected chi connectivity index (χ2v) is 4.60. The lowest BCUT2D eigenvalue weighted by Gasteiger charge is -2.22. The molecule has 1 aromatic carbocycles. The zero-order chi connectivity index (χ0) is 11.8. The Hall–Kier alpha value is -1.84. The van der Waals surface area contributed by atoms with Gasteiger partial charge in [0.1, 0.15) is 5.60 Å². The van der Waals surface area contributed by atoms with E-state index < -0.39 is 11.3 Å². The minimum absolute atomic E-state index is 0.395. The van der Waals surface area contributed by atoms with Crippen molar-refractivity contribution in [3.63, 3.8) is 0 Å². The van der Waals surface area contributed by atoms with Gasteiger partial charge in [-0.15, -0.1) is 4.73 Å². The molecule has 4 heteroatoms. The highest BCUT2D eigenvalue weighted by Crippen LogP contribution is 2.11. The third kappa shape index (κ3) is 2.05. The van der Waals surface area contributed by atoms with Crippen LogP contribution in [0.15, 0.2) is 35.3 Å². The van der Waals surface area contributed by atoms with E-state index in [1.165, 1.54) is 4.73 Å². The molecule has 0 atom stereocenters. The summed E-state index contributed by atoms with van der Waals surface area (Å²) in [5.74, 6) is 0. The van der Waals surface area contributed by atoms with E-state index in [0.717, 1.165) is 10.9 Å². The fourth-order valence-electron chi connectivity index (χ4n) is 1.42. The number of hydrogen-bond acceptors (Lipinski definition) is 3. The van der Waals surface area contributed by atoms with Crippen LogP contribution in [0, 0.1) is 0 Å². The molecule has 2 aromatic rings. The summed E-state index contributed by atoms with van der Waals surface area (Å²) in [5.41, 5.74) is -0.0960. The van der Waals surface area contributed by atoms with E-state index in [-0.39, 0.29) is 0 Å². The van der Waals surface area contributed by atoms with Gasteiger partial charge in [-0.3, -0.25) is 0 Å². The first-order valence-corrected chi connectivity index (χ1v) is 5.14. The monoisotopic (exact) mass is 218 g/mol. The number of para-hydroxylation sites is 1. The van der Waals surface area contributed by atoms with Crippen molar-refractivity contribution in [1.82, 2.24) is 9.71 Å². The van der Waals surface area contributed by atoms with Gasteiger partial charge in [0.05, 0.1) is 5.52 Å². The molecule has 0 bridgehead atoms. The van der Waals surface area contributed by atoms with E-state index in [1.54, 1.807) is 6.20 Å². The number of nitrogens with zero attached hydrogens (tertiary/aromatic N) is 2. The molecule has 0 amide bonds. The summed E-state index contributed by atoms with van der Waals surface area (Å²) in [6, 6.07) is 7.49. The van der Waals surface area contributed by atoms with E-state index in [2.05, 4.69) is 4.98 Å².